The molecule has 2 aromatic rings. The van der Waals surface area contributed by atoms with Crippen LogP contribution in [0.3, 0.4) is 0 Å². The summed E-state index contributed by atoms with van der Waals surface area (Å²) in [6.45, 7) is 5.03. The van der Waals surface area contributed by atoms with Crippen molar-refractivity contribution in [3.05, 3.63) is 52.4 Å². The molecule has 9 heteroatoms. The number of carbonyl (C=O) groups excluding carboxylic acids is 1. The van der Waals surface area contributed by atoms with Crippen molar-refractivity contribution in [3.8, 4) is 0 Å². The Bertz CT molecular complexity index is 1010. The number of sulfone groups is 1. The molecule has 1 aromatic heterocycles. The first-order valence-corrected chi connectivity index (χ1v) is 11.2. The van der Waals surface area contributed by atoms with Crippen molar-refractivity contribution in [1.82, 2.24) is 9.55 Å². The predicted octanol–water partition coefficient (Wildman–Crippen LogP) is 2.03. The lowest BCUT2D eigenvalue weighted by Crippen LogP contribution is -2.34. The largest absolute Gasteiger partial charge is 0.459 e. The summed E-state index contributed by atoms with van der Waals surface area (Å²) in [6, 6.07) is 9.92. The molecule has 0 saturated carbocycles. The third-order valence-corrected chi connectivity index (χ3v) is 4.84. The lowest BCUT2D eigenvalue weighted by atomic mass is 10.1. The maximum absolute atomic E-state index is 12.8. The second-order valence-corrected chi connectivity index (χ2v) is 9.63. The Kier molecular flexibility index (Phi) is 7.18. The summed E-state index contributed by atoms with van der Waals surface area (Å²) in [4.78, 5) is 28.9. The summed E-state index contributed by atoms with van der Waals surface area (Å²) in [5, 5.41) is 2.51. The molecule has 0 atom stereocenters. The molecular formula is C20H27N3O5S. The lowest BCUT2D eigenvalue weighted by Gasteiger charge is -2.20. The number of aryl methyl sites for hydroxylation is 1. The Morgan fingerprint density at radius 2 is 1.86 bits per heavy atom. The molecule has 0 amide bonds. The van der Waals surface area contributed by atoms with Gasteiger partial charge in [-0.15, -0.1) is 0 Å². The number of carbonyl (C=O) groups is 1. The molecule has 0 saturated heterocycles. The number of hydrogen-bond donors (Lipinski definition) is 1. The maximum atomic E-state index is 12.8. The second-order valence-electron chi connectivity index (χ2n) is 7.72. The highest BCUT2D eigenvalue weighted by molar-refractivity contribution is 7.90. The minimum atomic E-state index is -3.81. The van der Waals surface area contributed by atoms with Crippen LogP contribution in [0.5, 0.6) is 0 Å². The summed E-state index contributed by atoms with van der Waals surface area (Å²) in [7, 11) is -3.81. The Morgan fingerprint density at radius 3 is 2.45 bits per heavy atom. The summed E-state index contributed by atoms with van der Waals surface area (Å²) < 4.78 is 30.1. The minimum absolute atomic E-state index is 0.133. The Labute approximate surface area is 170 Å². The highest BCUT2D eigenvalue weighted by atomic mass is 32.2. The highest BCUT2D eigenvalue weighted by Crippen LogP contribution is 2.11. The van der Waals surface area contributed by atoms with Crippen LogP contribution in [0.2, 0.25) is 0 Å². The van der Waals surface area contributed by atoms with Crippen LogP contribution < -0.4 is 10.9 Å². The zero-order chi connectivity index (χ0) is 21.7. The standard InChI is InChI=1S/C20H27N3O5S/c1-20(2,3)28-17(24)14-23-18(25)16(13-22-19(23)29(4,26)27)21-12-8-11-15-9-6-5-7-10-15/h5-7,9-10,13,21H,8,11-12,14H2,1-4H3. The van der Waals surface area contributed by atoms with E-state index in [1.165, 1.54) is 11.8 Å². The van der Waals surface area contributed by atoms with Crippen molar-refractivity contribution < 1.29 is 17.9 Å². The monoisotopic (exact) mass is 421 g/mol. The molecule has 0 fully saturated rings. The Balaban J connectivity index is 2.17. The number of benzene rings is 1. The Hall–Kier alpha value is -2.68. The van der Waals surface area contributed by atoms with Crippen molar-refractivity contribution >= 4 is 21.5 Å². The normalized spacial score (nSPS) is 11.9. The number of rotatable bonds is 8. The minimum Gasteiger partial charge on any atom is -0.459 e. The second kappa shape index (κ2) is 9.21. The molecule has 0 aliphatic heterocycles. The number of hydrogen-bond acceptors (Lipinski definition) is 7. The number of esters is 1. The van der Waals surface area contributed by atoms with Crippen LogP contribution in [0.15, 0.2) is 46.5 Å². The summed E-state index contributed by atoms with van der Waals surface area (Å²) in [6.07, 6.45) is 3.72. The van der Waals surface area contributed by atoms with E-state index in [1.54, 1.807) is 20.8 Å². The first-order valence-electron chi connectivity index (χ1n) is 9.27. The van der Waals surface area contributed by atoms with Crippen LogP contribution in [0.1, 0.15) is 32.8 Å². The van der Waals surface area contributed by atoms with Gasteiger partial charge in [0.1, 0.15) is 17.8 Å². The molecule has 1 N–H and O–H groups in total. The molecule has 1 aromatic carbocycles. The van der Waals surface area contributed by atoms with Crippen LogP contribution in [0.25, 0.3) is 0 Å². The quantitative estimate of drug-likeness (QED) is 0.395. The number of nitrogens with zero attached hydrogens (tertiary/aromatic N) is 2. The van der Waals surface area contributed by atoms with Gasteiger partial charge in [0.05, 0.1) is 6.20 Å². The van der Waals surface area contributed by atoms with Gasteiger partial charge in [0, 0.05) is 12.8 Å². The fourth-order valence-corrected chi connectivity index (χ4v) is 3.49. The molecule has 158 valence electrons. The van der Waals surface area contributed by atoms with Gasteiger partial charge in [-0.25, -0.2) is 13.4 Å². The average Bonchev–Trinajstić information content (AvgIpc) is 2.59. The van der Waals surface area contributed by atoms with Crippen molar-refractivity contribution in [2.45, 2.75) is 50.9 Å². The van der Waals surface area contributed by atoms with Crippen LogP contribution in [0.4, 0.5) is 5.69 Å². The van der Waals surface area contributed by atoms with Gasteiger partial charge in [-0.3, -0.25) is 14.2 Å². The fraction of sp³-hybridized carbons (Fsp3) is 0.450. The van der Waals surface area contributed by atoms with Crippen molar-refractivity contribution in [1.29, 1.82) is 0 Å². The summed E-state index contributed by atoms with van der Waals surface area (Å²) in [5.74, 6) is -0.715. The van der Waals surface area contributed by atoms with Crippen molar-refractivity contribution in [3.63, 3.8) is 0 Å². The van der Waals surface area contributed by atoms with E-state index in [-0.39, 0.29) is 5.69 Å². The molecule has 29 heavy (non-hydrogen) atoms. The SMILES string of the molecule is CC(C)(C)OC(=O)Cn1c(S(C)(=O)=O)ncc(NCCCc2ccccc2)c1=O. The fourth-order valence-electron chi connectivity index (χ4n) is 2.70. The number of aromatic nitrogens is 2. The molecule has 8 nitrogen and oxygen atoms in total. The van der Waals surface area contributed by atoms with Crippen LogP contribution in [0, 0.1) is 0 Å². The number of anilines is 1. The summed E-state index contributed by atoms with van der Waals surface area (Å²) in [5.41, 5.74) is -0.0747. The van der Waals surface area contributed by atoms with E-state index in [4.69, 9.17) is 4.74 Å². The zero-order valence-electron chi connectivity index (χ0n) is 17.1. The zero-order valence-corrected chi connectivity index (χ0v) is 18.0. The third kappa shape index (κ3) is 7.01. The maximum Gasteiger partial charge on any atom is 0.326 e. The number of ether oxygens (including phenoxy) is 1. The lowest BCUT2D eigenvalue weighted by molar-refractivity contribution is -0.155. The molecule has 2 rings (SSSR count). The predicted molar refractivity (Wildman–Crippen MR) is 111 cm³/mol. The molecule has 0 unspecified atom stereocenters. The van der Waals surface area contributed by atoms with E-state index in [0.717, 1.165) is 23.7 Å². The average molecular weight is 422 g/mol. The van der Waals surface area contributed by atoms with E-state index in [1.807, 2.05) is 30.3 Å². The van der Waals surface area contributed by atoms with E-state index in [2.05, 4.69) is 10.3 Å². The van der Waals surface area contributed by atoms with Crippen LogP contribution in [-0.4, -0.2) is 42.3 Å². The Morgan fingerprint density at radius 1 is 1.21 bits per heavy atom. The smallest absolute Gasteiger partial charge is 0.326 e. The van der Waals surface area contributed by atoms with Crippen molar-refractivity contribution in [2.75, 3.05) is 18.1 Å². The van der Waals surface area contributed by atoms with Gasteiger partial charge in [-0.05, 0) is 39.2 Å². The molecule has 0 aliphatic carbocycles. The molecule has 0 spiro atoms. The van der Waals surface area contributed by atoms with E-state index >= 15 is 0 Å². The van der Waals surface area contributed by atoms with E-state index < -0.39 is 38.7 Å². The molecule has 0 aliphatic rings. The van der Waals surface area contributed by atoms with Gasteiger partial charge < -0.3 is 10.1 Å². The first kappa shape index (κ1) is 22.6. The summed E-state index contributed by atoms with van der Waals surface area (Å²) >= 11 is 0. The highest BCUT2D eigenvalue weighted by Gasteiger charge is 2.23. The van der Waals surface area contributed by atoms with Gasteiger partial charge in [0.2, 0.25) is 15.0 Å². The topological polar surface area (TPSA) is 107 Å². The van der Waals surface area contributed by atoms with E-state index in [0.29, 0.717) is 6.54 Å². The molecule has 0 bridgehead atoms. The molecule has 1 heterocycles. The first-order chi connectivity index (χ1) is 13.5. The van der Waals surface area contributed by atoms with Gasteiger partial charge in [-0.2, -0.15) is 0 Å². The number of nitrogens with one attached hydrogen (secondary N) is 1. The third-order valence-electron chi connectivity index (χ3n) is 3.85. The van der Waals surface area contributed by atoms with E-state index in [9.17, 15) is 18.0 Å². The van der Waals surface area contributed by atoms with Crippen LogP contribution in [-0.2, 0) is 32.3 Å². The van der Waals surface area contributed by atoms with Gasteiger partial charge in [0.25, 0.3) is 5.56 Å². The van der Waals surface area contributed by atoms with Gasteiger partial charge >= 0.3 is 5.97 Å². The molecule has 0 radical (unpaired) electrons. The van der Waals surface area contributed by atoms with Crippen molar-refractivity contribution in [2.24, 2.45) is 0 Å². The van der Waals surface area contributed by atoms with Gasteiger partial charge in [0.15, 0.2) is 0 Å². The van der Waals surface area contributed by atoms with Crippen LogP contribution >= 0.6 is 0 Å². The van der Waals surface area contributed by atoms with Gasteiger partial charge in [-0.1, -0.05) is 30.3 Å². The molecular weight excluding hydrogens is 394 g/mol.